The van der Waals surface area contributed by atoms with Gasteiger partial charge in [-0.1, -0.05) is 5.92 Å². The van der Waals surface area contributed by atoms with Crippen molar-refractivity contribution in [3.8, 4) is 12.3 Å². The number of aliphatic carboxylic acids is 1. The fraction of sp³-hybridized carbons (Fsp3) is 0.231. The molecule has 0 fully saturated rings. The monoisotopic (exact) mass is 247 g/mol. The zero-order valence-electron chi connectivity index (χ0n) is 9.87. The van der Waals surface area contributed by atoms with Gasteiger partial charge in [0.05, 0.1) is 0 Å². The number of carbonyl (C=O) groups is 2. The number of carboxylic acids is 1. The molecule has 5 nitrogen and oxygen atoms in total. The molecular weight excluding hydrogens is 234 g/mol. The molecule has 1 aromatic heterocycles. The van der Waals surface area contributed by atoms with E-state index in [0.717, 1.165) is 6.08 Å². The second-order valence-electron chi connectivity index (χ2n) is 3.50. The average molecular weight is 247 g/mol. The number of ether oxygens (including phenoxy) is 1. The van der Waals surface area contributed by atoms with Gasteiger partial charge in [0.25, 0.3) is 0 Å². The summed E-state index contributed by atoms with van der Waals surface area (Å²) < 4.78 is 6.43. The van der Waals surface area contributed by atoms with Crippen LogP contribution in [0.3, 0.4) is 0 Å². The predicted molar refractivity (Wildman–Crippen MR) is 65.6 cm³/mol. The standard InChI is InChI=1S/C13H13NO4/c1-3-9-18-13(17)10(2)14-8-4-5-11(14)6-7-12(15)16/h1,4-8,10H,9H2,2H3,(H,15,16)/b7-6+. The highest BCUT2D eigenvalue weighted by Crippen LogP contribution is 2.14. The number of carbonyl (C=O) groups excluding carboxylic acids is 1. The maximum Gasteiger partial charge on any atom is 0.329 e. The number of hydrogen-bond acceptors (Lipinski definition) is 3. The van der Waals surface area contributed by atoms with Crippen molar-refractivity contribution < 1.29 is 19.4 Å². The van der Waals surface area contributed by atoms with Crippen LogP contribution in [-0.2, 0) is 14.3 Å². The third-order valence-corrected chi connectivity index (χ3v) is 2.26. The lowest BCUT2D eigenvalue weighted by Gasteiger charge is -2.14. The van der Waals surface area contributed by atoms with Crippen molar-refractivity contribution in [3.63, 3.8) is 0 Å². The Morgan fingerprint density at radius 1 is 1.67 bits per heavy atom. The van der Waals surface area contributed by atoms with Crippen LogP contribution in [0.2, 0.25) is 0 Å². The SMILES string of the molecule is C#CCOC(=O)C(C)n1cccc1/C=C/C(=O)O. The van der Waals surface area contributed by atoms with Crippen molar-refractivity contribution in [1.82, 2.24) is 4.57 Å². The molecule has 94 valence electrons. The Bertz CT molecular complexity index is 507. The van der Waals surface area contributed by atoms with E-state index in [0.29, 0.717) is 5.69 Å². The minimum Gasteiger partial charge on any atom is -0.478 e. The molecule has 0 radical (unpaired) electrons. The Kier molecular flexibility index (Phi) is 4.76. The zero-order chi connectivity index (χ0) is 13.5. The second-order valence-corrected chi connectivity index (χ2v) is 3.50. The van der Waals surface area contributed by atoms with Gasteiger partial charge in [0.1, 0.15) is 6.04 Å². The molecule has 0 aliphatic rings. The number of nitrogens with zero attached hydrogens (tertiary/aromatic N) is 1. The average Bonchev–Trinajstić information content (AvgIpc) is 2.80. The van der Waals surface area contributed by atoms with E-state index >= 15 is 0 Å². The Morgan fingerprint density at radius 3 is 3.00 bits per heavy atom. The van der Waals surface area contributed by atoms with Crippen LogP contribution in [0.5, 0.6) is 0 Å². The van der Waals surface area contributed by atoms with Crippen molar-refractivity contribution in [1.29, 1.82) is 0 Å². The van der Waals surface area contributed by atoms with Gasteiger partial charge < -0.3 is 14.4 Å². The molecule has 1 unspecified atom stereocenters. The summed E-state index contributed by atoms with van der Waals surface area (Å²) in [6, 6.07) is 2.85. The zero-order valence-corrected chi connectivity index (χ0v) is 9.87. The van der Waals surface area contributed by atoms with Crippen LogP contribution in [-0.4, -0.2) is 28.2 Å². The van der Waals surface area contributed by atoms with Crippen LogP contribution in [0.4, 0.5) is 0 Å². The summed E-state index contributed by atoms with van der Waals surface area (Å²) in [4.78, 5) is 22.1. The van der Waals surface area contributed by atoms with E-state index in [-0.39, 0.29) is 6.61 Å². The second kappa shape index (κ2) is 6.30. The largest absolute Gasteiger partial charge is 0.478 e. The predicted octanol–water partition coefficient (Wildman–Crippen LogP) is 1.32. The minimum atomic E-state index is -1.05. The Hall–Kier alpha value is -2.48. The number of carboxylic acid groups (broad SMARTS) is 1. The maximum atomic E-state index is 11.6. The quantitative estimate of drug-likeness (QED) is 0.484. The summed E-state index contributed by atoms with van der Waals surface area (Å²) in [7, 11) is 0. The topological polar surface area (TPSA) is 68.5 Å². The van der Waals surface area contributed by atoms with E-state index in [1.54, 1.807) is 29.8 Å². The summed E-state index contributed by atoms with van der Waals surface area (Å²) in [5.74, 6) is 0.695. The third-order valence-electron chi connectivity index (χ3n) is 2.26. The van der Waals surface area contributed by atoms with Gasteiger partial charge in [-0.15, -0.1) is 6.42 Å². The number of aromatic nitrogens is 1. The molecule has 0 saturated heterocycles. The van der Waals surface area contributed by atoms with E-state index in [2.05, 4.69) is 5.92 Å². The lowest BCUT2D eigenvalue weighted by molar-refractivity contribution is -0.145. The van der Waals surface area contributed by atoms with Crippen LogP contribution >= 0.6 is 0 Å². The van der Waals surface area contributed by atoms with Crippen molar-refractivity contribution >= 4 is 18.0 Å². The molecule has 1 N–H and O–H groups in total. The molecule has 0 spiro atoms. The Balaban J connectivity index is 2.84. The molecule has 0 aliphatic heterocycles. The summed E-state index contributed by atoms with van der Waals surface area (Å²) in [6.45, 7) is 1.57. The molecular formula is C13H13NO4. The fourth-order valence-electron chi connectivity index (χ4n) is 1.40. The Labute approximate surface area is 105 Å². The lowest BCUT2D eigenvalue weighted by atomic mass is 10.3. The van der Waals surface area contributed by atoms with Gasteiger partial charge in [0, 0.05) is 18.0 Å². The van der Waals surface area contributed by atoms with Gasteiger partial charge in [-0.3, -0.25) is 0 Å². The normalized spacial score (nSPS) is 12.0. The van der Waals surface area contributed by atoms with E-state index in [4.69, 9.17) is 16.3 Å². The molecule has 0 aliphatic carbocycles. The van der Waals surface area contributed by atoms with Gasteiger partial charge in [-0.05, 0) is 25.1 Å². The Morgan fingerprint density at radius 2 is 2.39 bits per heavy atom. The fourth-order valence-corrected chi connectivity index (χ4v) is 1.40. The maximum absolute atomic E-state index is 11.6. The molecule has 18 heavy (non-hydrogen) atoms. The van der Waals surface area contributed by atoms with Crippen molar-refractivity contribution in [2.45, 2.75) is 13.0 Å². The molecule has 5 heteroatoms. The van der Waals surface area contributed by atoms with E-state index in [1.807, 2.05) is 0 Å². The first-order valence-electron chi connectivity index (χ1n) is 5.24. The van der Waals surface area contributed by atoms with Crippen molar-refractivity contribution in [3.05, 3.63) is 30.1 Å². The highest BCUT2D eigenvalue weighted by molar-refractivity contribution is 5.85. The summed E-state index contributed by atoms with van der Waals surface area (Å²) in [5.41, 5.74) is 0.600. The molecule has 1 atom stereocenters. The number of rotatable bonds is 5. The van der Waals surface area contributed by atoms with Gasteiger partial charge in [0.2, 0.25) is 0 Å². The number of esters is 1. The third kappa shape index (κ3) is 3.52. The van der Waals surface area contributed by atoms with Crippen LogP contribution in [0.1, 0.15) is 18.7 Å². The molecule has 0 amide bonds. The van der Waals surface area contributed by atoms with E-state index in [9.17, 15) is 9.59 Å². The number of hydrogen-bond donors (Lipinski definition) is 1. The number of terminal acetylenes is 1. The summed E-state index contributed by atoms with van der Waals surface area (Å²) in [5, 5.41) is 8.56. The van der Waals surface area contributed by atoms with Crippen molar-refractivity contribution in [2.24, 2.45) is 0 Å². The smallest absolute Gasteiger partial charge is 0.329 e. The molecule has 0 bridgehead atoms. The highest BCUT2D eigenvalue weighted by atomic mass is 16.5. The van der Waals surface area contributed by atoms with Crippen LogP contribution in [0, 0.1) is 12.3 Å². The van der Waals surface area contributed by atoms with Crippen LogP contribution in [0.25, 0.3) is 6.08 Å². The van der Waals surface area contributed by atoms with Crippen LogP contribution in [0.15, 0.2) is 24.4 Å². The van der Waals surface area contributed by atoms with Gasteiger partial charge in [-0.25, -0.2) is 9.59 Å². The van der Waals surface area contributed by atoms with Crippen molar-refractivity contribution in [2.75, 3.05) is 6.61 Å². The first-order valence-corrected chi connectivity index (χ1v) is 5.24. The van der Waals surface area contributed by atoms with Crippen LogP contribution < -0.4 is 0 Å². The van der Waals surface area contributed by atoms with Gasteiger partial charge in [0.15, 0.2) is 6.61 Å². The lowest BCUT2D eigenvalue weighted by Crippen LogP contribution is -2.19. The highest BCUT2D eigenvalue weighted by Gasteiger charge is 2.17. The molecule has 0 saturated carbocycles. The van der Waals surface area contributed by atoms with E-state index < -0.39 is 18.0 Å². The first kappa shape index (κ1) is 13.6. The van der Waals surface area contributed by atoms with E-state index in [1.165, 1.54) is 6.08 Å². The molecule has 1 heterocycles. The summed E-state index contributed by atoms with van der Waals surface area (Å²) in [6.07, 6.45) is 9.08. The molecule has 1 rings (SSSR count). The molecule has 1 aromatic rings. The summed E-state index contributed by atoms with van der Waals surface area (Å²) >= 11 is 0. The first-order chi connectivity index (χ1) is 8.56. The minimum absolute atomic E-state index is 0.0786. The van der Waals surface area contributed by atoms with Gasteiger partial charge in [-0.2, -0.15) is 0 Å². The molecule has 0 aromatic carbocycles. The van der Waals surface area contributed by atoms with Gasteiger partial charge >= 0.3 is 11.9 Å².